The molecule has 0 aliphatic carbocycles. The van der Waals surface area contributed by atoms with E-state index in [1.165, 1.54) is 18.2 Å². The first-order valence-electron chi connectivity index (χ1n) is 9.17. The summed E-state index contributed by atoms with van der Waals surface area (Å²) in [5.74, 6) is -0.0795. The van der Waals surface area contributed by atoms with E-state index in [1.54, 1.807) is 16.5 Å². The number of aryl methyl sites for hydroxylation is 1. The molecule has 0 radical (unpaired) electrons. The second-order valence-electron chi connectivity index (χ2n) is 6.56. The highest BCUT2D eigenvalue weighted by atomic mass is 19.3. The molecule has 7 nitrogen and oxygen atoms in total. The van der Waals surface area contributed by atoms with Gasteiger partial charge in [0.1, 0.15) is 0 Å². The Labute approximate surface area is 162 Å². The van der Waals surface area contributed by atoms with Gasteiger partial charge in [-0.2, -0.15) is 13.9 Å². The molecule has 1 fully saturated rings. The fraction of sp³-hybridized carbons (Fsp3) is 0.474. The van der Waals surface area contributed by atoms with E-state index in [0.717, 1.165) is 25.2 Å². The maximum Gasteiger partial charge on any atom is 0.387 e. The molecular weight excluding hydrogens is 370 g/mol. The van der Waals surface area contributed by atoms with Crippen LogP contribution in [-0.2, 0) is 13.6 Å². The largest absolute Gasteiger partial charge is 0.490 e. The number of rotatable bonds is 7. The van der Waals surface area contributed by atoms with Gasteiger partial charge in [-0.25, -0.2) is 0 Å². The Kier molecular flexibility index (Phi) is 6.45. The standard InChI is InChI=1S/C19H24F2N4O3/c1-3-27-17-10-15(4-5-16(17)28-19(20)21)18(26)25-8-6-24(7-9-25)13-14-11-22-23(2)12-14/h4-5,10-12,19H,3,6-9,13H2,1-2H3. The average molecular weight is 394 g/mol. The summed E-state index contributed by atoms with van der Waals surface area (Å²) in [6, 6.07) is 4.30. The summed E-state index contributed by atoms with van der Waals surface area (Å²) in [6.45, 7) is 2.57. The molecule has 2 aromatic rings. The van der Waals surface area contributed by atoms with Crippen molar-refractivity contribution in [3.63, 3.8) is 0 Å². The van der Waals surface area contributed by atoms with E-state index in [0.29, 0.717) is 18.7 Å². The second-order valence-corrected chi connectivity index (χ2v) is 6.56. The number of amides is 1. The summed E-state index contributed by atoms with van der Waals surface area (Å²) in [7, 11) is 1.88. The smallest absolute Gasteiger partial charge is 0.387 e. The number of hydrogen-bond acceptors (Lipinski definition) is 5. The molecule has 9 heteroatoms. The van der Waals surface area contributed by atoms with Crippen LogP contribution in [0.15, 0.2) is 30.6 Å². The fourth-order valence-electron chi connectivity index (χ4n) is 3.21. The number of carbonyl (C=O) groups is 1. The Bertz CT molecular complexity index is 804. The minimum Gasteiger partial charge on any atom is -0.490 e. The van der Waals surface area contributed by atoms with Crippen molar-refractivity contribution in [3.05, 3.63) is 41.7 Å². The molecule has 28 heavy (non-hydrogen) atoms. The Balaban J connectivity index is 1.61. The Hall–Kier alpha value is -2.68. The van der Waals surface area contributed by atoms with Crippen LogP contribution in [0, 0.1) is 0 Å². The molecule has 1 aromatic carbocycles. The van der Waals surface area contributed by atoms with Crippen molar-refractivity contribution in [1.29, 1.82) is 0 Å². The van der Waals surface area contributed by atoms with Crippen LogP contribution in [-0.4, -0.2) is 64.9 Å². The number of ether oxygens (including phenoxy) is 2. The third-order valence-electron chi connectivity index (χ3n) is 4.53. The maximum absolute atomic E-state index is 12.8. The van der Waals surface area contributed by atoms with Crippen molar-refractivity contribution in [1.82, 2.24) is 19.6 Å². The van der Waals surface area contributed by atoms with Crippen molar-refractivity contribution in [2.45, 2.75) is 20.1 Å². The Morgan fingerprint density at radius 2 is 1.96 bits per heavy atom. The second kappa shape index (κ2) is 9.01. The van der Waals surface area contributed by atoms with E-state index in [9.17, 15) is 13.6 Å². The van der Waals surface area contributed by atoms with Crippen LogP contribution in [0.4, 0.5) is 8.78 Å². The van der Waals surface area contributed by atoms with Crippen LogP contribution in [0.3, 0.4) is 0 Å². The third kappa shape index (κ3) is 4.98. The van der Waals surface area contributed by atoms with Gasteiger partial charge in [-0.3, -0.25) is 14.4 Å². The quantitative estimate of drug-likeness (QED) is 0.722. The predicted octanol–water partition coefficient (Wildman–Crippen LogP) is 2.38. The predicted molar refractivity (Wildman–Crippen MR) is 98.6 cm³/mol. The maximum atomic E-state index is 12.8. The van der Waals surface area contributed by atoms with Crippen LogP contribution in [0.5, 0.6) is 11.5 Å². The van der Waals surface area contributed by atoms with E-state index in [4.69, 9.17) is 4.74 Å². The number of halogens is 2. The molecule has 3 rings (SSSR count). The highest BCUT2D eigenvalue weighted by Gasteiger charge is 2.23. The van der Waals surface area contributed by atoms with Gasteiger partial charge in [-0.05, 0) is 25.1 Å². The lowest BCUT2D eigenvalue weighted by molar-refractivity contribution is -0.0514. The zero-order valence-electron chi connectivity index (χ0n) is 16.0. The molecule has 0 atom stereocenters. The number of aromatic nitrogens is 2. The number of piperazine rings is 1. The molecule has 2 heterocycles. The number of alkyl halides is 2. The molecule has 1 saturated heterocycles. The molecule has 1 aromatic heterocycles. The minimum absolute atomic E-state index is 0.0744. The van der Waals surface area contributed by atoms with E-state index in [2.05, 4.69) is 14.7 Å². The van der Waals surface area contributed by atoms with Gasteiger partial charge in [-0.1, -0.05) is 0 Å². The molecule has 1 amide bonds. The molecule has 0 unspecified atom stereocenters. The first-order chi connectivity index (χ1) is 13.5. The third-order valence-corrected chi connectivity index (χ3v) is 4.53. The van der Waals surface area contributed by atoms with Crippen LogP contribution >= 0.6 is 0 Å². The lowest BCUT2D eigenvalue weighted by atomic mass is 10.1. The number of benzene rings is 1. The van der Waals surface area contributed by atoms with Crippen molar-refractivity contribution < 1.29 is 23.0 Å². The summed E-state index contributed by atoms with van der Waals surface area (Å²) in [4.78, 5) is 16.8. The molecular formula is C19H24F2N4O3. The zero-order chi connectivity index (χ0) is 20.1. The summed E-state index contributed by atoms with van der Waals surface area (Å²) >= 11 is 0. The summed E-state index contributed by atoms with van der Waals surface area (Å²) in [6.07, 6.45) is 3.83. The normalized spacial score (nSPS) is 15.1. The van der Waals surface area contributed by atoms with Crippen LogP contribution in [0.1, 0.15) is 22.8 Å². The van der Waals surface area contributed by atoms with Gasteiger partial charge in [0.05, 0.1) is 12.8 Å². The topological polar surface area (TPSA) is 59.8 Å². The molecule has 0 spiro atoms. The van der Waals surface area contributed by atoms with Gasteiger partial charge in [0.25, 0.3) is 5.91 Å². The van der Waals surface area contributed by atoms with Crippen LogP contribution in [0.2, 0.25) is 0 Å². The minimum atomic E-state index is -2.95. The van der Waals surface area contributed by atoms with Gasteiger partial charge in [-0.15, -0.1) is 0 Å². The lowest BCUT2D eigenvalue weighted by Gasteiger charge is -2.34. The highest BCUT2D eigenvalue weighted by Crippen LogP contribution is 2.30. The van der Waals surface area contributed by atoms with Gasteiger partial charge >= 0.3 is 6.61 Å². The number of carbonyl (C=O) groups excluding carboxylic acids is 1. The molecule has 1 aliphatic heterocycles. The van der Waals surface area contributed by atoms with E-state index in [1.807, 2.05) is 19.4 Å². The molecule has 0 saturated carbocycles. The molecule has 152 valence electrons. The first-order valence-corrected chi connectivity index (χ1v) is 9.17. The van der Waals surface area contributed by atoms with Gasteiger partial charge < -0.3 is 14.4 Å². The fourth-order valence-corrected chi connectivity index (χ4v) is 3.21. The van der Waals surface area contributed by atoms with E-state index < -0.39 is 6.61 Å². The van der Waals surface area contributed by atoms with E-state index in [-0.39, 0.29) is 24.0 Å². The molecule has 0 N–H and O–H groups in total. The molecule has 1 aliphatic rings. The number of nitrogens with zero attached hydrogens (tertiary/aromatic N) is 4. The van der Waals surface area contributed by atoms with E-state index >= 15 is 0 Å². The lowest BCUT2D eigenvalue weighted by Crippen LogP contribution is -2.48. The van der Waals surface area contributed by atoms with Gasteiger partial charge in [0.15, 0.2) is 11.5 Å². The van der Waals surface area contributed by atoms with Crippen molar-refractivity contribution in [3.8, 4) is 11.5 Å². The van der Waals surface area contributed by atoms with Crippen molar-refractivity contribution >= 4 is 5.91 Å². The van der Waals surface area contributed by atoms with Gasteiger partial charge in [0.2, 0.25) is 0 Å². The summed E-state index contributed by atoms with van der Waals surface area (Å²) < 4.78 is 36.6. The molecule has 0 bridgehead atoms. The Morgan fingerprint density at radius 3 is 2.57 bits per heavy atom. The summed E-state index contributed by atoms with van der Waals surface area (Å²) in [5, 5.41) is 4.17. The van der Waals surface area contributed by atoms with Crippen molar-refractivity contribution in [2.24, 2.45) is 7.05 Å². The zero-order valence-corrected chi connectivity index (χ0v) is 16.0. The monoisotopic (exact) mass is 394 g/mol. The Morgan fingerprint density at radius 1 is 1.21 bits per heavy atom. The average Bonchev–Trinajstić information content (AvgIpc) is 3.08. The van der Waals surface area contributed by atoms with Crippen molar-refractivity contribution in [2.75, 3.05) is 32.8 Å². The number of hydrogen-bond donors (Lipinski definition) is 0. The first kappa shape index (κ1) is 20.1. The highest BCUT2D eigenvalue weighted by molar-refractivity contribution is 5.95. The summed E-state index contributed by atoms with van der Waals surface area (Å²) in [5.41, 5.74) is 1.53. The van der Waals surface area contributed by atoms with Gasteiger partial charge in [0, 0.05) is 57.1 Å². The van der Waals surface area contributed by atoms with Crippen LogP contribution in [0.25, 0.3) is 0 Å². The SMILES string of the molecule is CCOc1cc(C(=O)N2CCN(Cc3cnn(C)c3)CC2)ccc1OC(F)F. The van der Waals surface area contributed by atoms with Crippen LogP contribution < -0.4 is 9.47 Å².